The van der Waals surface area contributed by atoms with E-state index in [4.69, 9.17) is 18.5 Å². The van der Waals surface area contributed by atoms with Crippen LogP contribution in [0.4, 0.5) is 0 Å². The zero-order chi connectivity index (χ0) is 59.8. The number of hydrogen-bond acceptors (Lipinski definition) is 8. The van der Waals surface area contributed by atoms with E-state index in [1.807, 2.05) is 21.1 Å². The molecule has 0 saturated heterocycles. The summed E-state index contributed by atoms with van der Waals surface area (Å²) in [6.45, 7) is 3.90. The Morgan fingerprint density at radius 2 is 0.659 bits per heavy atom. The number of nitrogens with zero attached hydrogens (tertiary/aromatic N) is 1. The van der Waals surface area contributed by atoms with Gasteiger partial charge in [0.1, 0.15) is 19.8 Å². The smallest absolute Gasteiger partial charge is 0.306 e. The van der Waals surface area contributed by atoms with Gasteiger partial charge in [-0.3, -0.25) is 14.2 Å². The van der Waals surface area contributed by atoms with Crippen LogP contribution in [0.15, 0.2) is 194 Å². The number of likely N-dealkylation sites (N-methyl/N-ethyl adjacent to an activating group) is 1. The molecular weight excluding hydrogens is 1040 g/mol. The van der Waals surface area contributed by atoms with E-state index in [-0.39, 0.29) is 26.1 Å². The quantitative estimate of drug-likeness (QED) is 0.0195. The van der Waals surface area contributed by atoms with Gasteiger partial charge in [0.25, 0.3) is 7.82 Å². The molecule has 0 amide bonds. The third-order valence-electron chi connectivity index (χ3n) is 12.1. The molecule has 0 spiro atoms. The van der Waals surface area contributed by atoms with Gasteiger partial charge >= 0.3 is 11.9 Å². The molecule has 0 heterocycles. The van der Waals surface area contributed by atoms with Gasteiger partial charge in [0.05, 0.1) is 27.7 Å². The first-order chi connectivity index (χ1) is 40.0. The Hall–Kier alpha value is -5.15. The molecule has 2 atom stereocenters. The third-order valence-corrected chi connectivity index (χ3v) is 13.1. The lowest BCUT2D eigenvalue weighted by atomic mass is 10.1. The van der Waals surface area contributed by atoms with Gasteiger partial charge in [0, 0.05) is 12.8 Å². The number of esters is 2. The van der Waals surface area contributed by atoms with Gasteiger partial charge in [0.15, 0.2) is 6.10 Å². The highest BCUT2D eigenvalue weighted by Gasteiger charge is 2.21. The van der Waals surface area contributed by atoms with E-state index in [9.17, 15) is 19.0 Å². The largest absolute Gasteiger partial charge is 0.756 e. The molecule has 0 N–H and O–H groups in total. The van der Waals surface area contributed by atoms with Gasteiger partial charge in [-0.05, 0) is 141 Å². The molecule has 0 aliphatic rings. The minimum atomic E-state index is -4.67. The van der Waals surface area contributed by atoms with Crippen LogP contribution in [0.2, 0.25) is 0 Å². The van der Waals surface area contributed by atoms with Crippen LogP contribution >= 0.6 is 7.82 Å². The average Bonchev–Trinajstić information content (AvgIpc) is 3.46. The summed E-state index contributed by atoms with van der Waals surface area (Å²) in [5, 5.41) is 0. The number of allylic oxidation sites excluding steroid dienone is 32. The molecular formula is C72H112NO8P. The van der Waals surface area contributed by atoms with Crippen molar-refractivity contribution in [3.05, 3.63) is 194 Å². The molecule has 9 nitrogen and oxygen atoms in total. The van der Waals surface area contributed by atoms with Gasteiger partial charge in [-0.1, -0.05) is 234 Å². The van der Waals surface area contributed by atoms with Crippen molar-refractivity contribution in [1.29, 1.82) is 0 Å². The molecule has 2 unspecified atom stereocenters. The van der Waals surface area contributed by atoms with E-state index in [2.05, 4.69) is 208 Å². The number of carbonyl (C=O) groups is 2. The van der Waals surface area contributed by atoms with E-state index < -0.39 is 32.5 Å². The summed E-state index contributed by atoms with van der Waals surface area (Å²) in [6, 6.07) is 0. The van der Waals surface area contributed by atoms with Crippen LogP contribution in [0, 0.1) is 0 Å². The van der Waals surface area contributed by atoms with E-state index in [1.54, 1.807) is 0 Å². The standard InChI is InChI=1S/C72H112NO8P/c1-6-8-10-12-14-16-18-20-22-24-26-28-30-32-34-35-36-37-39-41-43-45-47-49-51-53-55-57-59-61-63-65-72(75)81-70(69-80-82(76,77)79-67-66-73(3,4)5)68-78-71(74)64-62-60-58-56-54-52-50-48-46-44-42-40-38-33-31-29-27-25-23-21-19-17-15-13-11-9-7-2/h8-11,14-17,20-23,26-29,32-34,36-38,41-44,47-50,54,56,70H,6-7,12-13,18-19,24-25,30-31,35,39-40,45-46,51-53,55,57-69H2,1-5H3/b10-8-,11-9-,16-14-,17-15-,22-20-,23-21-,28-26-,29-27-,34-32-,37-36-,38-33-,43-41-,44-42-,49-47-,50-48-,56-54-. The van der Waals surface area contributed by atoms with Crippen molar-refractivity contribution in [2.75, 3.05) is 47.5 Å². The zero-order valence-corrected chi connectivity index (χ0v) is 52.7. The summed E-state index contributed by atoms with van der Waals surface area (Å²) in [5.74, 6) is -0.921. The molecule has 0 radical (unpaired) electrons. The number of rotatable bonds is 54. The van der Waals surface area contributed by atoms with Gasteiger partial charge in [-0.25, -0.2) is 0 Å². The molecule has 10 heteroatoms. The molecule has 0 aliphatic heterocycles. The minimum Gasteiger partial charge on any atom is -0.756 e. The van der Waals surface area contributed by atoms with Crippen LogP contribution in [0.25, 0.3) is 0 Å². The first-order valence-corrected chi connectivity index (χ1v) is 32.6. The van der Waals surface area contributed by atoms with Gasteiger partial charge < -0.3 is 27.9 Å². The van der Waals surface area contributed by atoms with Gasteiger partial charge in [-0.15, -0.1) is 0 Å². The number of unbranched alkanes of at least 4 members (excludes halogenated alkanes) is 8. The molecule has 0 aromatic rings. The maximum absolute atomic E-state index is 12.8. The van der Waals surface area contributed by atoms with Crippen LogP contribution < -0.4 is 4.89 Å². The fourth-order valence-electron chi connectivity index (χ4n) is 7.39. The average molecular weight is 1150 g/mol. The Morgan fingerprint density at radius 1 is 0.378 bits per heavy atom. The zero-order valence-electron chi connectivity index (χ0n) is 51.8. The molecule has 82 heavy (non-hydrogen) atoms. The highest BCUT2D eigenvalue weighted by atomic mass is 31.2. The molecule has 0 aromatic carbocycles. The molecule has 0 aromatic heterocycles. The first kappa shape index (κ1) is 76.9. The number of carbonyl (C=O) groups excluding carboxylic acids is 2. The number of quaternary nitrogens is 1. The second-order valence-corrected chi connectivity index (χ2v) is 22.4. The topological polar surface area (TPSA) is 111 Å². The minimum absolute atomic E-state index is 0.0538. The third kappa shape index (κ3) is 64.0. The molecule has 0 rings (SSSR count). The Morgan fingerprint density at radius 3 is 1.00 bits per heavy atom. The Bertz CT molecular complexity index is 2080. The van der Waals surface area contributed by atoms with E-state index >= 15 is 0 Å². The van der Waals surface area contributed by atoms with Gasteiger partial charge in [0.2, 0.25) is 0 Å². The van der Waals surface area contributed by atoms with E-state index in [0.29, 0.717) is 23.9 Å². The number of phosphoric ester groups is 1. The molecule has 0 bridgehead atoms. The van der Waals surface area contributed by atoms with Crippen molar-refractivity contribution in [2.45, 2.75) is 200 Å². The van der Waals surface area contributed by atoms with Crippen LogP contribution in [0.1, 0.15) is 194 Å². The van der Waals surface area contributed by atoms with Crippen LogP contribution in [0.3, 0.4) is 0 Å². The number of phosphoric acid groups is 1. The van der Waals surface area contributed by atoms with E-state index in [1.165, 1.54) is 0 Å². The summed E-state index contributed by atoms with van der Waals surface area (Å²) in [6.07, 6.45) is 94.8. The maximum atomic E-state index is 12.8. The summed E-state index contributed by atoms with van der Waals surface area (Å²) in [5.41, 5.74) is 0. The second kappa shape index (κ2) is 60.4. The molecule has 0 saturated carbocycles. The lowest BCUT2D eigenvalue weighted by Crippen LogP contribution is -2.37. The van der Waals surface area contributed by atoms with Crippen molar-refractivity contribution in [1.82, 2.24) is 0 Å². The van der Waals surface area contributed by atoms with Crippen molar-refractivity contribution >= 4 is 19.8 Å². The number of hydrogen-bond donors (Lipinski definition) is 0. The monoisotopic (exact) mass is 1150 g/mol. The predicted octanol–water partition coefficient (Wildman–Crippen LogP) is 19.5. The van der Waals surface area contributed by atoms with Crippen LogP contribution in [-0.4, -0.2) is 70.0 Å². The normalized spacial score (nSPS) is 14.6. The van der Waals surface area contributed by atoms with Crippen LogP contribution in [-0.2, 0) is 32.7 Å². The summed E-state index contributed by atoms with van der Waals surface area (Å²) in [7, 11) is 1.10. The predicted molar refractivity (Wildman–Crippen MR) is 350 cm³/mol. The maximum Gasteiger partial charge on any atom is 0.306 e. The molecule has 0 fully saturated rings. The lowest BCUT2D eigenvalue weighted by molar-refractivity contribution is -0.870. The first-order valence-electron chi connectivity index (χ1n) is 31.1. The molecule has 458 valence electrons. The van der Waals surface area contributed by atoms with E-state index in [0.717, 1.165) is 154 Å². The highest BCUT2D eigenvalue weighted by Crippen LogP contribution is 2.38. The number of ether oxygens (including phenoxy) is 2. The Balaban J connectivity index is 4.33. The lowest BCUT2D eigenvalue weighted by Gasteiger charge is -2.28. The Labute approximate surface area is 501 Å². The second-order valence-electron chi connectivity index (χ2n) is 20.9. The fraction of sp³-hybridized carbons (Fsp3) is 0.528. The fourth-order valence-corrected chi connectivity index (χ4v) is 8.12. The summed E-state index contributed by atoms with van der Waals surface area (Å²) < 4.78 is 34.1. The van der Waals surface area contributed by atoms with Crippen molar-refractivity contribution < 1.29 is 42.1 Å². The molecule has 0 aliphatic carbocycles. The van der Waals surface area contributed by atoms with Crippen molar-refractivity contribution in [3.8, 4) is 0 Å². The SMILES string of the molecule is CC/C=C\C/C=C\C/C=C\C/C=C\C/C=C\C/C=C\C/C=C\C/C=C\CCCCCCCCC(=O)OC(COC(=O)CCCC/C=C\C/C=C\C/C=C\C/C=C\C/C=C\C/C=C\C/C=C\C/C=C\CC)COP(=O)([O-])OCC[N+](C)(C)C. The van der Waals surface area contributed by atoms with Gasteiger partial charge in [-0.2, -0.15) is 0 Å². The van der Waals surface area contributed by atoms with Crippen molar-refractivity contribution in [3.63, 3.8) is 0 Å². The highest BCUT2D eigenvalue weighted by molar-refractivity contribution is 7.45. The summed E-state index contributed by atoms with van der Waals surface area (Å²) in [4.78, 5) is 37.9. The Kier molecular flexibility index (Phi) is 56.6. The summed E-state index contributed by atoms with van der Waals surface area (Å²) >= 11 is 0. The van der Waals surface area contributed by atoms with Crippen molar-refractivity contribution in [2.24, 2.45) is 0 Å². The van der Waals surface area contributed by atoms with Crippen LogP contribution in [0.5, 0.6) is 0 Å².